The number of likely N-dealkylation sites (N-methyl/N-ethyl adjacent to an activating group) is 1. The summed E-state index contributed by atoms with van der Waals surface area (Å²) >= 11 is 0. The molecule has 0 radical (unpaired) electrons. The Balaban J connectivity index is 2.70. The van der Waals surface area contributed by atoms with Crippen LogP contribution >= 0.6 is 0 Å². The van der Waals surface area contributed by atoms with Gasteiger partial charge in [0.05, 0.1) is 0 Å². The Kier molecular flexibility index (Phi) is 4.98. The number of nitrogens with one attached hydrogen (secondary N) is 2. The van der Waals surface area contributed by atoms with Gasteiger partial charge in [0.15, 0.2) is 0 Å². The quantitative estimate of drug-likeness (QED) is 0.637. The van der Waals surface area contributed by atoms with E-state index in [2.05, 4.69) is 10.6 Å². The number of nitrogens with zero attached hydrogens (tertiary/aromatic N) is 1. The number of carbonyl (C=O) groups is 2. The summed E-state index contributed by atoms with van der Waals surface area (Å²) in [6, 6.07) is -0.391. The molecule has 2 N–H and O–H groups in total. The Morgan fingerprint density at radius 2 is 2.31 bits per heavy atom. The van der Waals surface area contributed by atoms with E-state index in [0.717, 1.165) is 6.54 Å². The lowest BCUT2D eigenvalue weighted by Gasteiger charge is -2.34. The average Bonchev–Trinajstić information content (AvgIpc) is 2.30. The van der Waals surface area contributed by atoms with E-state index in [9.17, 15) is 9.59 Å². The van der Waals surface area contributed by atoms with Gasteiger partial charge in [0, 0.05) is 26.2 Å². The second-order valence-corrected chi connectivity index (χ2v) is 3.65. The molecule has 1 heterocycles. The van der Waals surface area contributed by atoms with E-state index in [0.29, 0.717) is 19.6 Å². The lowest BCUT2D eigenvalue weighted by Crippen LogP contribution is -2.59. The molecule has 0 aromatic heterocycles. The van der Waals surface area contributed by atoms with Crippen LogP contribution in [-0.2, 0) is 9.59 Å². The normalized spacial score (nSPS) is 21.1. The fraction of sp³-hybridized carbons (Fsp3) is 0.636. The largest absolute Gasteiger partial charge is 0.355 e. The molecule has 0 aromatic rings. The minimum Gasteiger partial charge on any atom is -0.355 e. The van der Waals surface area contributed by atoms with E-state index in [4.69, 9.17) is 0 Å². The van der Waals surface area contributed by atoms with Crippen molar-refractivity contribution in [1.82, 2.24) is 15.5 Å². The van der Waals surface area contributed by atoms with Gasteiger partial charge in [0.25, 0.3) is 0 Å². The summed E-state index contributed by atoms with van der Waals surface area (Å²) < 4.78 is 0. The first-order valence-electron chi connectivity index (χ1n) is 5.62. The van der Waals surface area contributed by atoms with Crippen LogP contribution in [0.15, 0.2) is 12.2 Å². The van der Waals surface area contributed by atoms with Crippen molar-refractivity contribution < 1.29 is 9.59 Å². The van der Waals surface area contributed by atoms with Crippen molar-refractivity contribution in [1.29, 1.82) is 0 Å². The van der Waals surface area contributed by atoms with Crippen molar-refractivity contribution >= 4 is 11.8 Å². The predicted octanol–water partition coefficient (Wildman–Crippen LogP) is -0.501. The van der Waals surface area contributed by atoms with Gasteiger partial charge in [-0.25, -0.2) is 0 Å². The summed E-state index contributed by atoms with van der Waals surface area (Å²) in [5.74, 6) is -0.187. The fourth-order valence-electron chi connectivity index (χ4n) is 1.73. The molecule has 1 rings (SSSR count). The molecule has 5 heteroatoms. The summed E-state index contributed by atoms with van der Waals surface area (Å²) in [7, 11) is 0. The molecule has 16 heavy (non-hydrogen) atoms. The number of carbonyl (C=O) groups excluding carboxylic acids is 2. The molecule has 1 aliphatic rings. The monoisotopic (exact) mass is 225 g/mol. The maximum Gasteiger partial charge on any atom is 0.246 e. The summed E-state index contributed by atoms with van der Waals surface area (Å²) in [4.78, 5) is 25.1. The third kappa shape index (κ3) is 3.06. The third-order valence-corrected chi connectivity index (χ3v) is 2.49. The second-order valence-electron chi connectivity index (χ2n) is 3.65. The van der Waals surface area contributed by atoms with Crippen molar-refractivity contribution in [2.75, 3.05) is 26.2 Å². The molecular formula is C11H19N3O2. The maximum absolute atomic E-state index is 11.7. The molecule has 0 aromatic carbocycles. The summed E-state index contributed by atoms with van der Waals surface area (Å²) in [5, 5.41) is 5.87. The van der Waals surface area contributed by atoms with Gasteiger partial charge in [-0.2, -0.15) is 0 Å². The Labute approximate surface area is 95.9 Å². The molecule has 0 aliphatic carbocycles. The molecule has 1 atom stereocenters. The van der Waals surface area contributed by atoms with Crippen LogP contribution in [0.4, 0.5) is 0 Å². The van der Waals surface area contributed by atoms with E-state index in [1.807, 2.05) is 6.92 Å². The SMILES string of the molecule is CC=CC(=O)N1CCNCC1C(=O)NCC. The van der Waals surface area contributed by atoms with Gasteiger partial charge >= 0.3 is 0 Å². The third-order valence-electron chi connectivity index (χ3n) is 2.49. The van der Waals surface area contributed by atoms with Crippen LogP contribution in [-0.4, -0.2) is 48.9 Å². The lowest BCUT2D eigenvalue weighted by molar-refractivity contribution is -0.138. The van der Waals surface area contributed by atoms with Gasteiger partial charge in [0.1, 0.15) is 6.04 Å². The molecule has 2 amide bonds. The zero-order valence-corrected chi connectivity index (χ0v) is 9.82. The smallest absolute Gasteiger partial charge is 0.246 e. The van der Waals surface area contributed by atoms with E-state index < -0.39 is 6.04 Å². The van der Waals surface area contributed by atoms with Crippen LogP contribution in [0.3, 0.4) is 0 Å². The van der Waals surface area contributed by atoms with Gasteiger partial charge in [-0.15, -0.1) is 0 Å². The lowest BCUT2D eigenvalue weighted by atomic mass is 10.1. The highest BCUT2D eigenvalue weighted by Gasteiger charge is 2.30. The van der Waals surface area contributed by atoms with Gasteiger partial charge in [0.2, 0.25) is 11.8 Å². The Morgan fingerprint density at radius 3 is 2.94 bits per heavy atom. The summed E-state index contributed by atoms with van der Waals surface area (Å²) in [5.41, 5.74) is 0. The molecule has 0 bridgehead atoms. The van der Waals surface area contributed by atoms with Crippen molar-refractivity contribution in [3.63, 3.8) is 0 Å². The standard InChI is InChI=1S/C11H19N3O2/c1-3-5-10(15)14-7-6-12-8-9(14)11(16)13-4-2/h3,5,9,12H,4,6-8H2,1-2H3,(H,13,16). The predicted molar refractivity (Wildman–Crippen MR) is 61.9 cm³/mol. The van der Waals surface area contributed by atoms with E-state index in [1.54, 1.807) is 17.9 Å². The van der Waals surface area contributed by atoms with Gasteiger partial charge in [-0.1, -0.05) is 6.08 Å². The first-order valence-corrected chi connectivity index (χ1v) is 5.62. The zero-order valence-electron chi connectivity index (χ0n) is 9.82. The van der Waals surface area contributed by atoms with Crippen LogP contribution in [0.1, 0.15) is 13.8 Å². The highest BCUT2D eigenvalue weighted by atomic mass is 16.2. The molecule has 0 spiro atoms. The minimum absolute atomic E-state index is 0.0902. The molecule has 1 saturated heterocycles. The molecule has 1 aliphatic heterocycles. The van der Waals surface area contributed by atoms with Crippen LogP contribution in [0.5, 0.6) is 0 Å². The van der Waals surface area contributed by atoms with Crippen molar-refractivity contribution in [2.24, 2.45) is 0 Å². The maximum atomic E-state index is 11.7. The molecule has 90 valence electrons. The highest BCUT2D eigenvalue weighted by Crippen LogP contribution is 2.05. The Bertz CT molecular complexity index is 289. The van der Waals surface area contributed by atoms with Crippen LogP contribution in [0.25, 0.3) is 0 Å². The Hall–Kier alpha value is -1.36. The number of amides is 2. The number of allylic oxidation sites excluding steroid dienone is 1. The molecule has 1 fully saturated rings. The summed E-state index contributed by atoms with van der Waals surface area (Å²) in [6.45, 7) is 6.08. The van der Waals surface area contributed by atoms with Crippen molar-refractivity contribution in [2.45, 2.75) is 19.9 Å². The van der Waals surface area contributed by atoms with E-state index >= 15 is 0 Å². The zero-order chi connectivity index (χ0) is 12.0. The molecule has 5 nitrogen and oxygen atoms in total. The number of hydrogen-bond donors (Lipinski definition) is 2. The average molecular weight is 225 g/mol. The molecule has 1 unspecified atom stereocenters. The Morgan fingerprint density at radius 1 is 1.56 bits per heavy atom. The van der Waals surface area contributed by atoms with Gasteiger partial charge in [-0.05, 0) is 19.9 Å². The van der Waals surface area contributed by atoms with Crippen LogP contribution in [0, 0.1) is 0 Å². The number of hydrogen-bond acceptors (Lipinski definition) is 3. The van der Waals surface area contributed by atoms with E-state index in [1.165, 1.54) is 6.08 Å². The molecule has 0 saturated carbocycles. The fourth-order valence-corrected chi connectivity index (χ4v) is 1.73. The molecular weight excluding hydrogens is 206 g/mol. The van der Waals surface area contributed by atoms with Crippen molar-refractivity contribution in [3.05, 3.63) is 12.2 Å². The number of rotatable bonds is 3. The second kappa shape index (κ2) is 6.27. The van der Waals surface area contributed by atoms with E-state index in [-0.39, 0.29) is 11.8 Å². The number of piperazine rings is 1. The highest BCUT2D eigenvalue weighted by molar-refractivity contribution is 5.93. The summed E-state index contributed by atoms with van der Waals surface area (Å²) in [6.07, 6.45) is 3.19. The minimum atomic E-state index is -0.391. The van der Waals surface area contributed by atoms with Gasteiger partial charge in [-0.3, -0.25) is 9.59 Å². The van der Waals surface area contributed by atoms with Crippen LogP contribution in [0.2, 0.25) is 0 Å². The first kappa shape index (κ1) is 12.7. The topological polar surface area (TPSA) is 61.4 Å². The van der Waals surface area contributed by atoms with Gasteiger partial charge < -0.3 is 15.5 Å². The first-order chi connectivity index (χ1) is 7.70. The van der Waals surface area contributed by atoms with Crippen molar-refractivity contribution in [3.8, 4) is 0 Å². The van der Waals surface area contributed by atoms with Crippen LogP contribution < -0.4 is 10.6 Å².